The van der Waals surface area contributed by atoms with Crippen LogP contribution in [0.4, 0.5) is 5.69 Å². The Balaban J connectivity index is 2.02. The zero-order chi connectivity index (χ0) is 15.9. The molecule has 0 aliphatic heterocycles. The first kappa shape index (κ1) is 15.1. The summed E-state index contributed by atoms with van der Waals surface area (Å²) < 4.78 is 32.4. The Morgan fingerprint density at radius 1 is 1.14 bits per heavy atom. The lowest BCUT2D eigenvalue weighted by Crippen LogP contribution is -2.13. The topological polar surface area (TPSA) is 72.2 Å². The van der Waals surface area contributed by atoms with E-state index in [0.29, 0.717) is 17.0 Å². The molecule has 22 heavy (non-hydrogen) atoms. The van der Waals surface area contributed by atoms with E-state index >= 15 is 0 Å². The number of halogens is 2. The number of benzene rings is 2. The number of hydrogen-bond donors (Lipinski definition) is 1. The number of nitrogens with one attached hydrogen (secondary N) is 1. The molecule has 1 N–H and O–H groups in total. The summed E-state index contributed by atoms with van der Waals surface area (Å²) in [4.78, 5) is -0.0798. The van der Waals surface area contributed by atoms with Gasteiger partial charge in [0.15, 0.2) is 5.58 Å². The quantitative estimate of drug-likeness (QED) is 0.761. The third kappa shape index (κ3) is 2.77. The number of hydrogen-bond acceptors (Lipinski definition) is 4. The van der Waals surface area contributed by atoms with Crippen LogP contribution in [0.1, 0.15) is 5.69 Å². The Bertz CT molecular complexity index is 967. The van der Waals surface area contributed by atoms with E-state index in [1.54, 1.807) is 25.1 Å². The molecule has 3 aromatic rings. The average Bonchev–Trinajstić information content (AvgIpc) is 2.82. The fourth-order valence-electron chi connectivity index (χ4n) is 2.02. The van der Waals surface area contributed by atoms with Crippen LogP contribution in [0, 0.1) is 6.92 Å². The van der Waals surface area contributed by atoms with Crippen molar-refractivity contribution in [1.29, 1.82) is 0 Å². The van der Waals surface area contributed by atoms with E-state index in [4.69, 9.17) is 27.7 Å². The SMILES string of the molecule is Cc1noc2ccc(NS(=O)(=O)c3cc(Cl)ccc3Cl)cc12. The maximum atomic E-state index is 12.4. The first-order valence-electron chi connectivity index (χ1n) is 6.21. The van der Waals surface area contributed by atoms with Crippen LogP contribution in [0.15, 0.2) is 45.8 Å². The summed E-state index contributed by atoms with van der Waals surface area (Å²) in [7, 11) is -3.85. The molecule has 1 heterocycles. The summed E-state index contributed by atoms with van der Waals surface area (Å²) in [5.41, 5.74) is 1.65. The van der Waals surface area contributed by atoms with Crippen molar-refractivity contribution in [3.05, 3.63) is 52.1 Å². The van der Waals surface area contributed by atoms with Gasteiger partial charge in [-0.15, -0.1) is 0 Å². The van der Waals surface area contributed by atoms with Gasteiger partial charge in [-0.05, 0) is 43.3 Å². The first-order valence-corrected chi connectivity index (χ1v) is 8.45. The van der Waals surface area contributed by atoms with Gasteiger partial charge >= 0.3 is 0 Å². The van der Waals surface area contributed by atoms with Crippen LogP contribution in [0.2, 0.25) is 10.0 Å². The molecule has 0 saturated heterocycles. The molecule has 8 heteroatoms. The molecule has 3 rings (SSSR count). The predicted octanol–water partition coefficient (Wildman–Crippen LogP) is 4.24. The minimum Gasteiger partial charge on any atom is -0.356 e. The first-order chi connectivity index (χ1) is 10.4. The molecule has 0 saturated carbocycles. The van der Waals surface area contributed by atoms with Crippen LogP contribution in [-0.2, 0) is 10.0 Å². The summed E-state index contributed by atoms with van der Waals surface area (Å²) >= 11 is 11.8. The Morgan fingerprint density at radius 3 is 2.68 bits per heavy atom. The third-order valence-electron chi connectivity index (χ3n) is 3.09. The molecule has 0 aliphatic carbocycles. The zero-order valence-electron chi connectivity index (χ0n) is 11.3. The van der Waals surface area contributed by atoms with Gasteiger partial charge in [0.05, 0.1) is 10.7 Å². The average molecular weight is 357 g/mol. The normalized spacial score (nSPS) is 11.8. The molecule has 2 aromatic carbocycles. The summed E-state index contributed by atoms with van der Waals surface area (Å²) in [6.45, 7) is 1.78. The minimum absolute atomic E-state index is 0.0798. The fourth-order valence-corrected chi connectivity index (χ4v) is 3.83. The maximum Gasteiger partial charge on any atom is 0.263 e. The van der Waals surface area contributed by atoms with E-state index in [0.717, 1.165) is 5.39 Å². The van der Waals surface area contributed by atoms with Crippen molar-refractivity contribution in [3.8, 4) is 0 Å². The summed E-state index contributed by atoms with van der Waals surface area (Å²) in [5.74, 6) is 0. The van der Waals surface area contributed by atoms with Crippen LogP contribution in [0.3, 0.4) is 0 Å². The molecule has 0 radical (unpaired) electrons. The van der Waals surface area contributed by atoms with Crippen LogP contribution in [-0.4, -0.2) is 13.6 Å². The molecular formula is C14H10Cl2N2O3S. The molecule has 114 valence electrons. The lowest BCUT2D eigenvalue weighted by Gasteiger charge is -2.10. The third-order valence-corrected chi connectivity index (χ3v) is 5.18. The lowest BCUT2D eigenvalue weighted by molar-refractivity contribution is 0.450. The Morgan fingerprint density at radius 2 is 1.91 bits per heavy atom. The van der Waals surface area contributed by atoms with Crippen molar-refractivity contribution < 1.29 is 12.9 Å². The molecule has 0 atom stereocenters. The number of fused-ring (bicyclic) bond motifs is 1. The zero-order valence-corrected chi connectivity index (χ0v) is 13.6. The van der Waals surface area contributed by atoms with E-state index in [-0.39, 0.29) is 14.9 Å². The van der Waals surface area contributed by atoms with Gasteiger partial charge in [0, 0.05) is 16.1 Å². The van der Waals surface area contributed by atoms with Crippen molar-refractivity contribution in [2.75, 3.05) is 4.72 Å². The van der Waals surface area contributed by atoms with E-state index < -0.39 is 10.0 Å². The van der Waals surface area contributed by atoms with E-state index in [9.17, 15) is 8.42 Å². The van der Waals surface area contributed by atoms with Gasteiger partial charge in [-0.2, -0.15) is 0 Å². The van der Waals surface area contributed by atoms with Gasteiger partial charge < -0.3 is 4.52 Å². The van der Waals surface area contributed by atoms with Crippen molar-refractivity contribution in [2.45, 2.75) is 11.8 Å². The van der Waals surface area contributed by atoms with Crippen molar-refractivity contribution in [2.24, 2.45) is 0 Å². The van der Waals surface area contributed by atoms with Crippen LogP contribution >= 0.6 is 23.2 Å². The van der Waals surface area contributed by atoms with Crippen molar-refractivity contribution in [3.63, 3.8) is 0 Å². The molecule has 5 nitrogen and oxygen atoms in total. The number of aryl methyl sites for hydroxylation is 1. The lowest BCUT2D eigenvalue weighted by atomic mass is 10.2. The standard InChI is InChI=1S/C14H10Cl2N2O3S/c1-8-11-7-10(3-5-13(11)21-17-8)18-22(19,20)14-6-9(15)2-4-12(14)16/h2-7,18H,1H3. The second kappa shape index (κ2) is 5.46. The highest BCUT2D eigenvalue weighted by Gasteiger charge is 2.19. The predicted molar refractivity (Wildman–Crippen MR) is 86.0 cm³/mol. The largest absolute Gasteiger partial charge is 0.356 e. The molecule has 0 bridgehead atoms. The van der Waals surface area contributed by atoms with E-state index in [1.807, 2.05) is 0 Å². The Kier molecular flexibility index (Phi) is 3.76. The summed E-state index contributed by atoms with van der Waals surface area (Å²) in [6.07, 6.45) is 0. The highest BCUT2D eigenvalue weighted by molar-refractivity contribution is 7.92. The second-order valence-corrected chi connectivity index (χ2v) is 7.15. The van der Waals surface area contributed by atoms with Gasteiger partial charge in [0.2, 0.25) is 0 Å². The molecular weight excluding hydrogens is 347 g/mol. The monoisotopic (exact) mass is 356 g/mol. The molecule has 0 aliphatic rings. The number of nitrogens with zero attached hydrogens (tertiary/aromatic N) is 1. The summed E-state index contributed by atoms with van der Waals surface area (Å²) in [5, 5.41) is 4.94. The molecule has 0 amide bonds. The van der Waals surface area contributed by atoms with Crippen LogP contribution in [0.5, 0.6) is 0 Å². The minimum atomic E-state index is -3.85. The van der Waals surface area contributed by atoms with E-state index in [1.165, 1.54) is 18.2 Å². The van der Waals surface area contributed by atoms with Gasteiger partial charge in [-0.1, -0.05) is 28.4 Å². The fraction of sp³-hybridized carbons (Fsp3) is 0.0714. The highest BCUT2D eigenvalue weighted by Crippen LogP contribution is 2.28. The van der Waals surface area contributed by atoms with Crippen LogP contribution in [0.25, 0.3) is 11.0 Å². The molecule has 1 aromatic heterocycles. The number of rotatable bonds is 3. The highest BCUT2D eigenvalue weighted by atomic mass is 35.5. The Hall–Kier alpha value is -1.76. The number of aromatic nitrogens is 1. The van der Waals surface area contributed by atoms with Gasteiger partial charge in [-0.3, -0.25) is 4.72 Å². The van der Waals surface area contributed by atoms with Crippen molar-refractivity contribution in [1.82, 2.24) is 5.16 Å². The molecule has 0 unspecified atom stereocenters. The maximum absolute atomic E-state index is 12.4. The molecule has 0 spiro atoms. The van der Waals surface area contributed by atoms with E-state index in [2.05, 4.69) is 9.88 Å². The Labute approximate surface area is 136 Å². The van der Waals surface area contributed by atoms with Crippen LogP contribution < -0.4 is 4.72 Å². The number of anilines is 1. The second-order valence-electron chi connectivity index (χ2n) is 4.66. The smallest absolute Gasteiger partial charge is 0.263 e. The van der Waals surface area contributed by atoms with Crippen molar-refractivity contribution >= 4 is 49.9 Å². The summed E-state index contributed by atoms with van der Waals surface area (Å²) in [6, 6.07) is 9.14. The molecule has 0 fully saturated rings. The number of sulfonamides is 1. The van der Waals surface area contributed by atoms with Gasteiger partial charge in [0.25, 0.3) is 10.0 Å². The van der Waals surface area contributed by atoms with Gasteiger partial charge in [-0.25, -0.2) is 8.42 Å². The van der Waals surface area contributed by atoms with Gasteiger partial charge in [0.1, 0.15) is 4.90 Å².